The van der Waals surface area contributed by atoms with E-state index >= 15 is 0 Å². The van der Waals surface area contributed by atoms with Gasteiger partial charge < -0.3 is 0 Å². The lowest BCUT2D eigenvalue weighted by atomic mass is 9.86. The highest BCUT2D eigenvalue weighted by molar-refractivity contribution is 7.07. The van der Waals surface area contributed by atoms with Gasteiger partial charge in [-0.05, 0) is 59.7 Å². The fraction of sp³-hybridized carbons (Fsp3) is 0.154. The first kappa shape index (κ1) is 20.3. The van der Waals surface area contributed by atoms with Gasteiger partial charge >= 0.3 is 0 Å². The third-order valence-electron chi connectivity index (χ3n) is 6.18. The second kappa shape index (κ2) is 7.90. The molecule has 1 aliphatic carbocycles. The molecular formula is C26H18ClN3O2S. The number of benzene rings is 2. The number of aromatic nitrogens is 2. The Morgan fingerprint density at radius 1 is 1.03 bits per heavy atom. The first-order chi connectivity index (χ1) is 16.1. The average molecular weight is 472 g/mol. The van der Waals surface area contributed by atoms with Gasteiger partial charge in [0.25, 0.3) is 5.56 Å². The zero-order chi connectivity index (χ0) is 22.5. The topological polar surface area (TPSA) is 64.3 Å². The van der Waals surface area contributed by atoms with E-state index in [2.05, 4.69) is 4.98 Å². The minimum absolute atomic E-state index is 0.0660. The number of halogens is 1. The molecule has 0 saturated carbocycles. The summed E-state index contributed by atoms with van der Waals surface area (Å²) < 4.78 is 2.26. The van der Waals surface area contributed by atoms with Crippen LogP contribution >= 0.6 is 22.9 Å². The van der Waals surface area contributed by atoms with E-state index in [4.69, 9.17) is 16.6 Å². The summed E-state index contributed by atoms with van der Waals surface area (Å²) in [6.07, 6.45) is 7.48. The number of thiazole rings is 1. The molecule has 2 aromatic carbocycles. The molecule has 1 aliphatic heterocycles. The molecule has 5 nitrogen and oxygen atoms in total. The fourth-order valence-electron chi connectivity index (χ4n) is 4.62. The Bertz CT molecular complexity index is 1650. The van der Waals surface area contributed by atoms with Gasteiger partial charge in [-0.1, -0.05) is 47.2 Å². The Hall–Kier alpha value is -3.35. The highest BCUT2D eigenvalue weighted by Crippen LogP contribution is 2.36. The molecule has 1 unspecified atom stereocenters. The van der Waals surface area contributed by atoms with Gasteiger partial charge in [0.05, 0.1) is 16.3 Å². The van der Waals surface area contributed by atoms with Crippen LogP contribution in [0.25, 0.3) is 16.8 Å². The third-order valence-corrected chi connectivity index (χ3v) is 7.41. The smallest absolute Gasteiger partial charge is 0.271 e. The molecule has 0 bridgehead atoms. The van der Waals surface area contributed by atoms with Crippen molar-refractivity contribution >= 4 is 45.6 Å². The molecule has 2 aliphatic rings. The number of ketones is 1. The van der Waals surface area contributed by atoms with Gasteiger partial charge in [-0.2, -0.15) is 0 Å². The van der Waals surface area contributed by atoms with E-state index in [-0.39, 0.29) is 11.3 Å². The Morgan fingerprint density at radius 2 is 1.88 bits per heavy atom. The summed E-state index contributed by atoms with van der Waals surface area (Å²) in [7, 11) is 0. The maximum Gasteiger partial charge on any atom is 0.271 e. The van der Waals surface area contributed by atoms with E-state index in [9.17, 15) is 9.59 Å². The molecule has 1 atom stereocenters. The standard InChI is InChI=1S/C26H18ClN3O2S/c27-19-8-6-17(7-9-19)24-23-20(2-1-3-21(23)31)29-26-30(24)25(32)22(33-26)13-15-4-5-16-10-11-28-14-18(16)12-15/h4-14,24H,1-3H2. The first-order valence-electron chi connectivity index (χ1n) is 10.8. The normalized spacial score (nSPS) is 18.3. The van der Waals surface area contributed by atoms with Crippen LogP contribution in [0, 0.1) is 0 Å². The van der Waals surface area contributed by atoms with Crippen LogP contribution in [0.15, 0.2) is 82.0 Å². The quantitative estimate of drug-likeness (QED) is 0.440. The van der Waals surface area contributed by atoms with Crippen LogP contribution in [-0.2, 0) is 4.79 Å². The lowest BCUT2D eigenvalue weighted by Crippen LogP contribution is -2.40. The monoisotopic (exact) mass is 471 g/mol. The van der Waals surface area contributed by atoms with Crippen LogP contribution < -0.4 is 14.9 Å². The molecule has 0 spiro atoms. The zero-order valence-corrected chi connectivity index (χ0v) is 19.1. The highest BCUT2D eigenvalue weighted by Gasteiger charge is 2.34. The SMILES string of the molecule is O=C1CCCC2=C1C(c1ccc(Cl)cc1)n1c(sc(=Cc3ccc4ccncc4c3)c1=O)=N2. The fourth-order valence-corrected chi connectivity index (χ4v) is 5.76. The van der Waals surface area contributed by atoms with Gasteiger partial charge in [-0.3, -0.25) is 19.1 Å². The zero-order valence-electron chi connectivity index (χ0n) is 17.5. The van der Waals surface area contributed by atoms with E-state index in [1.807, 2.05) is 48.7 Å². The molecule has 0 radical (unpaired) electrons. The number of carbonyl (C=O) groups is 1. The number of fused-ring (bicyclic) bond motifs is 2. The summed E-state index contributed by atoms with van der Waals surface area (Å²) in [6, 6.07) is 14.9. The maximum atomic E-state index is 13.6. The second-order valence-electron chi connectivity index (χ2n) is 8.25. The van der Waals surface area contributed by atoms with Gasteiger partial charge in [-0.15, -0.1) is 0 Å². The molecule has 0 N–H and O–H groups in total. The van der Waals surface area contributed by atoms with E-state index in [1.54, 1.807) is 22.9 Å². The second-order valence-corrected chi connectivity index (χ2v) is 9.70. The van der Waals surface area contributed by atoms with Crippen molar-refractivity contribution in [3.63, 3.8) is 0 Å². The molecule has 0 saturated heterocycles. The lowest BCUT2D eigenvalue weighted by molar-refractivity contribution is -0.116. The summed E-state index contributed by atoms with van der Waals surface area (Å²) in [5, 5.41) is 2.72. The summed E-state index contributed by atoms with van der Waals surface area (Å²) in [5.41, 5.74) is 3.08. The van der Waals surface area contributed by atoms with Crippen molar-refractivity contribution in [1.29, 1.82) is 0 Å². The summed E-state index contributed by atoms with van der Waals surface area (Å²) in [6.45, 7) is 0. The van der Waals surface area contributed by atoms with Crippen molar-refractivity contribution < 1.29 is 4.79 Å². The van der Waals surface area contributed by atoms with Crippen LogP contribution in [0.1, 0.15) is 36.4 Å². The molecular weight excluding hydrogens is 454 g/mol. The van der Waals surface area contributed by atoms with Gasteiger partial charge in [0.15, 0.2) is 10.6 Å². The summed E-state index contributed by atoms with van der Waals surface area (Å²) in [4.78, 5) is 36.2. The Morgan fingerprint density at radius 3 is 2.73 bits per heavy atom. The molecule has 7 heteroatoms. The minimum Gasteiger partial charge on any atom is -0.294 e. The molecule has 0 fully saturated rings. The predicted molar refractivity (Wildman–Crippen MR) is 130 cm³/mol. The average Bonchev–Trinajstić information content (AvgIpc) is 3.13. The van der Waals surface area contributed by atoms with Gasteiger partial charge in [0, 0.05) is 34.8 Å². The Balaban J connectivity index is 1.57. The van der Waals surface area contributed by atoms with Crippen molar-refractivity contribution in [1.82, 2.24) is 9.55 Å². The van der Waals surface area contributed by atoms with Crippen molar-refractivity contribution in [3.05, 3.63) is 108 Å². The number of carbonyl (C=O) groups excluding carboxylic acids is 1. The molecule has 33 heavy (non-hydrogen) atoms. The number of rotatable bonds is 2. The summed E-state index contributed by atoms with van der Waals surface area (Å²) in [5.74, 6) is 0.0660. The van der Waals surface area contributed by atoms with Crippen LogP contribution in [0.2, 0.25) is 5.02 Å². The third kappa shape index (κ3) is 3.46. The van der Waals surface area contributed by atoms with E-state index < -0.39 is 6.04 Å². The molecule has 3 heterocycles. The van der Waals surface area contributed by atoms with Gasteiger partial charge in [0.1, 0.15) is 0 Å². The molecule has 6 rings (SSSR count). The number of hydrogen-bond donors (Lipinski definition) is 0. The number of Topliss-reactive ketones (excluding diaryl/α,β-unsaturated/α-hetero) is 1. The molecule has 4 aromatic rings. The summed E-state index contributed by atoms with van der Waals surface area (Å²) >= 11 is 7.47. The van der Waals surface area contributed by atoms with Crippen LogP contribution in [-0.4, -0.2) is 15.3 Å². The van der Waals surface area contributed by atoms with Crippen LogP contribution in [0.4, 0.5) is 0 Å². The minimum atomic E-state index is -0.482. The predicted octanol–water partition coefficient (Wildman–Crippen LogP) is 4.17. The maximum absolute atomic E-state index is 13.6. The van der Waals surface area contributed by atoms with E-state index in [0.717, 1.165) is 40.4 Å². The van der Waals surface area contributed by atoms with Crippen LogP contribution in [0.3, 0.4) is 0 Å². The van der Waals surface area contributed by atoms with Crippen molar-refractivity contribution in [2.45, 2.75) is 25.3 Å². The number of pyridine rings is 1. The first-order valence-corrected chi connectivity index (χ1v) is 12.0. The highest BCUT2D eigenvalue weighted by atomic mass is 35.5. The number of hydrogen-bond acceptors (Lipinski definition) is 5. The lowest BCUT2D eigenvalue weighted by Gasteiger charge is -2.28. The van der Waals surface area contributed by atoms with E-state index in [1.165, 1.54) is 11.3 Å². The Kier molecular flexibility index (Phi) is 4.85. The number of allylic oxidation sites excluding steroid dienone is 2. The Labute approximate surface area is 198 Å². The van der Waals surface area contributed by atoms with Crippen molar-refractivity contribution in [2.75, 3.05) is 0 Å². The van der Waals surface area contributed by atoms with Crippen LogP contribution in [0.5, 0.6) is 0 Å². The molecule has 162 valence electrons. The molecule has 2 aromatic heterocycles. The van der Waals surface area contributed by atoms with Crippen molar-refractivity contribution in [3.8, 4) is 0 Å². The largest absolute Gasteiger partial charge is 0.294 e. The van der Waals surface area contributed by atoms with Gasteiger partial charge in [-0.25, -0.2) is 4.99 Å². The van der Waals surface area contributed by atoms with Gasteiger partial charge in [0.2, 0.25) is 0 Å². The number of nitrogens with zero attached hydrogens (tertiary/aromatic N) is 3. The van der Waals surface area contributed by atoms with Crippen molar-refractivity contribution in [2.24, 2.45) is 4.99 Å². The van der Waals surface area contributed by atoms with E-state index in [0.29, 0.717) is 26.4 Å². The molecule has 0 amide bonds.